The first-order valence-electron chi connectivity index (χ1n) is 10.1. The van der Waals surface area contributed by atoms with Crippen LogP contribution in [-0.4, -0.2) is 35.5 Å². The molecule has 0 unspecified atom stereocenters. The van der Waals surface area contributed by atoms with Crippen LogP contribution in [-0.2, 0) is 24.8 Å². The highest BCUT2D eigenvalue weighted by Crippen LogP contribution is 2.24. The standard InChI is InChI=1S/C23H24BrN3O5S2/c1-16-4-5-17(2)22(14-16)27(33(3,29)30)15-23(28)25-19-10-12-21(13-11-19)34(31,32)26-20-8-6-18(24)7-9-20/h4-14,26H,15H2,1-3H3,(H,25,28). The zero-order chi connectivity index (χ0) is 25.1. The summed E-state index contributed by atoms with van der Waals surface area (Å²) in [6, 6.07) is 17.6. The lowest BCUT2D eigenvalue weighted by Gasteiger charge is -2.24. The van der Waals surface area contributed by atoms with Gasteiger partial charge in [-0.2, -0.15) is 0 Å². The van der Waals surface area contributed by atoms with Gasteiger partial charge in [0.15, 0.2) is 0 Å². The third-order valence-electron chi connectivity index (χ3n) is 4.87. The molecule has 0 fully saturated rings. The summed E-state index contributed by atoms with van der Waals surface area (Å²) in [5.74, 6) is -0.560. The number of hydrogen-bond acceptors (Lipinski definition) is 5. The van der Waals surface area contributed by atoms with Crippen molar-refractivity contribution < 1.29 is 21.6 Å². The van der Waals surface area contributed by atoms with Crippen LogP contribution in [0.2, 0.25) is 0 Å². The molecular formula is C23H24BrN3O5S2. The fourth-order valence-electron chi connectivity index (χ4n) is 3.15. The van der Waals surface area contributed by atoms with Crippen LogP contribution in [0.3, 0.4) is 0 Å². The Morgan fingerprint density at radius 1 is 0.882 bits per heavy atom. The van der Waals surface area contributed by atoms with Gasteiger partial charge in [0.2, 0.25) is 15.9 Å². The van der Waals surface area contributed by atoms with E-state index in [0.29, 0.717) is 17.1 Å². The number of rotatable bonds is 8. The van der Waals surface area contributed by atoms with Crippen molar-refractivity contribution in [2.24, 2.45) is 0 Å². The molecule has 2 N–H and O–H groups in total. The number of carbonyl (C=O) groups is 1. The average Bonchev–Trinajstić information content (AvgIpc) is 2.75. The van der Waals surface area contributed by atoms with Crippen molar-refractivity contribution in [2.45, 2.75) is 18.7 Å². The molecule has 0 aliphatic carbocycles. The van der Waals surface area contributed by atoms with E-state index in [1.54, 1.807) is 43.3 Å². The van der Waals surface area contributed by atoms with Gasteiger partial charge in [-0.25, -0.2) is 16.8 Å². The minimum absolute atomic E-state index is 0.0153. The van der Waals surface area contributed by atoms with Crippen molar-refractivity contribution in [1.82, 2.24) is 0 Å². The van der Waals surface area contributed by atoms with Gasteiger partial charge < -0.3 is 5.32 Å². The highest BCUT2D eigenvalue weighted by molar-refractivity contribution is 9.10. The summed E-state index contributed by atoms with van der Waals surface area (Å²) in [5, 5.41) is 2.62. The lowest BCUT2D eigenvalue weighted by atomic mass is 10.1. The summed E-state index contributed by atoms with van der Waals surface area (Å²) in [5.41, 5.74) is 2.76. The predicted molar refractivity (Wildman–Crippen MR) is 138 cm³/mol. The zero-order valence-corrected chi connectivity index (χ0v) is 22.0. The molecule has 0 radical (unpaired) electrons. The van der Waals surface area contributed by atoms with Crippen LogP contribution < -0.4 is 14.3 Å². The Morgan fingerprint density at radius 2 is 1.47 bits per heavy atom. The molecule has 11 heteroatoms. The van der Waals surface area contributed by atoms with Crippen LogP contribution in [0.15, 0.2) is 76.1 Å². The smallest absolute Gasteiger partial charge is 0.261 e. The molecule has 0 saturated carbocycles. The molecular weight excluding hydrogens is 542 g/mol. The maximum absolute atomic E-state index is 12.6. The molecule has 3 rings (SSSR count). The molecule has 0 heterocycles. The van der Waals surface area contributed by atoms with E-state index in [1.165, 1.54) is 24.3 Å². The minimum atomic E-state index is -3.82. The molecule has 0 spiro atoms. The van der Waals surface area contributed by atoms with Crippen LogP contribution in [0.4, 0.5) is 17.1 Å². The monoisotopic (exact) mass is 565 g/mol. The molecule has 0 saturated heterocycles. The van der Waals surface area contributed by atoms with E-state index in [1.807, 2.05) is 13.0 Å². The van der Waals surface area contributed by atoms with Crippen molar-refractivity contribution >= 4 is 58.9 Å². The van der Waals surface area contributed by atoms with E-state index in [2.05, 4.69) is 26.0 Å². The fourth-order valence-corrected chi connectivity index (χ4v) is 5.38. The number of nitrogens with zero attached hydrogens (tertiary/aromatic N) is 1. The molecule has 0 atom stereocenters. The second-order valence-electron chi connectivity index (χ2n) is 7.74. The molecule has 0 bridgehead atoms. The highest BCUT2D eigenvalue weighted by Gasteiger charge is 2.23. The second-order valence-corrected chi connectivity index (χ2v) is 12.2. The van der Waals surface area contributed by atoms with Crippen LogP contribution >= 0.6 is 15.9 Å². The SMILES string of the molecule is Cc1ccc(C)c(N(CC(=O)Nc2ccc(S(=O)(=O)Nc3ccc(Br)cc3)cc2)S(C)(=O)=O)c1. The zero-order valence-electron chi connectivity index (χ0n) is 18.7. The third kappa shape index (κ3) is 6.58. The Morgan fingerprint density at radius 3 is 2.06 bits per heavy atom. The Hall–Kier alpha value is -2.89. The fraction of sp³-hybridized carbons (Fsp3) is 0.174. The maximum Gasteiger partial charge on any atom is 0.261 e. The van der Waals surface area contributed by atoms with E-state index in [-0.39, 0.29) is 4.90 Å². The van der Waals surface area contributed by atoms with Crippen LogP contribution in [0, 0.1) is 13.8 Å². The molecule has 180 valence electrons. The summed E-state index contributed by atoms with van der Waals surface area (Å²) in [6.07, 6.45) is 1.04. The van der Waals surface area contributed by atoms with Gasteiger partial charge >= 0.3 is 0 Å². The van der Waals surface area contributed by atoms with Crippen molar-refractivity contribution in [3.8, 4) is 0 Å². The number of sulfonamides is 2. The van der Waals surface area contributed by atoms with Gasteiger partial charge in [-0.05, 0) is 79.6 Å². The maximum atomic E-state index is 12.6. The molecule has 0 aromatic heterocycles. The van der Waals surface area contributed by atoms with Crippen LogP contribution in [0.5, 0.6) is 0 Å². The number of nitrogens with one attached hydrogen (secondary N) is 2. The first-order valence-corrected chi connectivity index (χ1v) is 14.2. The van der Waals surface area contributed by atoms with E-state index in [9.17, 15) is 21.6 Å². The normalized spacial score (nSPS) is 11.6. The first kappa shape index (κ1) is 25.7. The Bertz CT molecular complexity index is 1410. The topological polar surface area (TPSA) is 113 Å². The van der Waals surface area contributed by atoms with Gasteiger partial charge in [-0.3, -0.25) is 13.8 Å². The minimum Gasteiger partial charge on any atom is -0.325 e. The number of halogens is 1. The van der Waals surface area contributed by atoms with Crippen LogP contribution in [0.25, 0.3) is 0 Å². The summed E-state index contributed by atoms with van der Waals surface area (Å²) < 4.78 is 54.3. The number of carbonyl (C=O) groups excluding carboxylic acids is 1. The molecule has 0 aliphatic heterocycles. The lowest BCUT2D eigenvalue weighted by Crippen LogP contribution is -2.37. The van der Waals surface area contributed by atoms with Gasteiger partial charge in [0.25, 0.3) is 10.0 Å². The molecule has 3 aromatic rings. The lowest BCUT2D eigenvalue weighted by molar-refractivity contribution is -0.114. The molecule has 0 aliphatic rings. The number of hydrogen-bond donors (Lipinski definition) is 2. The summed E-state index contributed by atoms with van der Waals surface area (Å²) in [6.45, 7) is 3.19. The Kier molecular flexibility index (Phi) is 7.69. The van der Waals surface area contributed by atoms with Crippen molar-refractivity contribution in [3.05, 3.63) is 82.3 Å². The Labute approximate surface area is 208 Å². The van der Waals surface area contributed by atoms with Crippen molar-refractivity contribution in [1.29, 1.82) is 0 Å². The molecule has 8 nitrogen and oxygen atoms in total. The molecule has 34 heavy (non-hydrogen) atoms. The van der Waals surface area contributed by atoms with Gasteiger partial charge in [-0.1, -0.05) is 28.1 Å². The van der Waals surface area contributed by atoms with E-state index < -0.39 is 32.5 Å². The van der Waals surface area contributed by atoms with Gasteiger partial charge in [-0.15, -0.1) is 0 Å². The summed E-state index contributed by atoms with van der Waals surface area (Å²) >= 11 is 3.29. The van der Waals surface area contributed by atoms with Gasteiger partial charge in [0.1, 0.15) is 6.54 Å². The van der Waals surface area contributed by atoms with E-state index in [4.69, 9.17) is 0 Å². The first-order chi connectivity index (χ1) is 15.8. The van der Waals surface area contributed by atoms with E-state index >= 15 is 0 Å². The second kappa shape index (κ2) is 10.2. The number of aryl methyl sites for hydroxylation is 2. The largest absolute Gasteiger partial charge is 0.325 e. The number of benzene rings is 3. The number of anilines is 3. The van der Waals surface area contributed by atoms with Gasteiger partial charge in [0, 0.05) is 15.8 Å². The summed E-state index contributed by atoms with van der Waals surface area (Å²) in [4.78, 5) is 12.7. The third-order valence-corrected chi connectivity index (χ3v) is 7.92. The number of amides is 1. The van der Waals surface area contributed by atoms with E-state index in [0.717, 1.165) is 26.2 Å². The highest BCUT2D eigenvalue weighted by atomic mass is 79.9. The van der Waals surface area contributed by atoms with Crippen molar-refractivity contribution in [2.75, 3.05) is 27.1 Å². The molecule has 3 aromatic carbocycles. The van der Waals surface area contributed by atoms with Crippen LogP contribution in [0.1, 0.15) is 11.1 Å². The molecule has 1 amide bonds. The van der Waals surface area contributed by atoms with Crippen molar-refractivity contribution in [3.63, 3.8) is 0 Å². The quantitative estimate of drug-likeness (QED) is 0.423. The van der Waals surface area contributed by atoms with Gasteiger partial charge in [0.05, 0.1) is 16.8 Å². The summed E-state index contributed by atoms with van der Waals surface area (Å²) in [7, 11) is -7.54. The predicted octanol–water partition coefficient (Wildman–Crippen LogP) is 4.27. The average molecular weight is 566 g/mol. The Balaban J connectivity index is 1.73.